The highest BCUT2D eigenvalue weighted by Gasteiger charge is 2.30. The molecule has 4 rings (SSSR count). The Balaban J connectivity index is 1.59. The van der Waals surface area contributed by atoms with Crippen LogP contribution in [0.2, 0.25) is 0 Å². The number of hydrogen-bond donors (Lipinski definition) is 1. The third-order valence-corrected chi connectivity index (χ3v) is 4.94. The van der Waals surface area contributed by atoms with Crippen molar-refractivity contribution in [2.24, 2.45) is 0 Å². The number of likely N-dealkylation sites (tertiary alicyclic amines) is 1. The van der Waals surface area contributed by atoms with Crippen molar-refractivity contribution in [2.45, 2.75) is 38.8 Å². The number of nitrogens with zero attached hydrogens (tertiary/aromatic N) is 2. The van der Waals surface area contributed by atoms with Gasteiger partial charge in [-0.2, -0.15) is 5.10 Å². The van der Waals surface area contributed by atoms with Crippen LogP contribution in [0.15, 0.2) is 40.9 Å². The largest absolute Gasteiger partial charge is 0.465 e. The van der Waals surface area contributed by atoms with Crippen LogP contribution in [0.3, 0.4) is 0 Å². The zero-order valence-corrected chi connectivity index (χ0v) is 14.9. The molecule has 0 bridgehead atoms. The third-order valence-electron chi connectivity index (χ3n) is 4.94. The van der Waals surface area contributed by atoms with Gasteiger partial charge in [0, 0.05) is 17.5 Å². The second-order valence-corrected chi connectivity index (χ2v) is 6.65. The molecule has 3 aromatic rings. The molecule has 0 spiro atoms. The highest BCUT2D eigenvalue weighted by Crippen LogP contribution is 2.30. The summed E-state index contributed by atoms with van der Waals surface area (Å²) in [6.45, 7) is 3.79. The molecule has 1 atom stereocenters. The normalized spacial score (nSPS) is 18.3. The van der Waals surface area contributed by atoms with Gasteiger partial charge < -0.3 is 9.15 Å². The molecule has 3 heterocycles. The van der Waals surface area contributed by atoms with Crippen LogP contribution in [0.1, 0.15) is 31.7 Å². The zero-order chi connectivity index (χ0) is 17.9. The first-order chi connectivity index (χ1) is 12.8. The summed E-state index contributed by atoms with van der Waals surface area (Å²) >= 11 is 0. The number of hydrogen-bond acceptors (Lipinski definition) is 5. The summed E-state index contributed by atoms with van der Waals surface area (Å²) in [4.78, 5) is 14.5. The van der Waals surface area contributed by atoms with Crippen LogP contribution in [0, 0.1) is 0 Å². The number of fused-ring (bicyclic) bond motifs is 1. The van der Waals surface area contributed by atoms with Crippen LogP contribution in [0.25, 0.3) is 22.4 Å². The Kier molecular flexibility index (Phi) is 4.75. The lowest BCUT2D eigenvalue weighted by Crippen LogP contribution is -2.44. The summed E-state index contributed by atoms with van der Waals surface area (Å²) in [7, 11) is 0. The molecule has 1 fully saturated rings. The second kappa shape index (κ2) is 7.33. The van der Waals surface area contributed by atoms with Gasteiger partial charge in [0.2, 0.25) is 0 Å². The van der Waals surface area contributed by atoms with Crippen LogP contribution in [-0.4, -0.2) is 40.3 Å². The van der Waals surface area contributed by atoms with Crippen molar-refractivity contribution in [3.05, 3.63) is 42.1 Å². The Labute approximate surface area is 152 Å². The van der Waals surface area contributed by atoms with Gasteiger partial charge in [0.05, 0.1) is 12.8 Å². The molecule has 1 aliphatic heterocycles. The van der Waals surface area contributed by atoms with Crippen molar-refractivity contribution in [3.8, 4) is 11.5 Å². The summed E-state index contributed by atoms with van der Waals surface area (Å²) in [5, 5.41) is 8.33. The highest BCUT2D eigenvalue weighted by molar-refractivity contribution is 5.82. The van der Waals surface area contributed by atoms with Gasteiger partial charge >= 0.3 is 5.97 Å². The lowest BCUT2D eigenvalue weighted by atomic mass is 10.0. The van der Waals surface area contributed by atoms with Crippen molar-refractivity contribution >= 4 is 16.9 Å². The number of aromatic nitrogens is 2. The van der Waals surface area contributed by atoms with Crippen molar-refractivity contribution in [3.63, 3.8) is 0 Å². The topological polar surface area (TPSA) is 71.4 Å². The Morgan fingerprint density at radius 3 is 3.12 bits per heavy atom. The first-order valence-electron chi connectivity index (χ1n) is 9.18. The van der Waals surface area contributed by atoms with Gasteiger partial charge in [-0.05, 0) is 38.4 Å². The molecule has 1 aliphatic rings. The number of benzene rings is 1. The highest BCUT2D eigenvalue weighted by atomic mass is 16.5. The molecule has 2 aromatic heterocycles. The number of aromatic amines is 1. The monoisotopic (exact) mass is 353 g/mol. The molecule has 0 amide bonds. The number of carbonyl (C=O) groups excluding carboxylic acids is 1. The van der Waals surface area contributed by atoms with E-state index >= 15 is 0 Å². The SMILES string of the molecule is CCOC(=O)[C@H]1CCCCN1Cc1cn[nH]c1-c1cc2ccccc2o1. The van der Waals surface area contributed by atoms with E-state index in [2.05, 4.69) is 15.1 Å². The van der Waals surface area contributed by atoms with Crippen LogP contribution in [0.5, 0.6) is 0 Å². The van der Waals surface area contributed by atoms with Crippen LogP contribution < -0.4 is 0 Å². The van der Waals surface area contributed by atoms with Crippen LogP contribution in [-0.2, 0) is 16.1 Å². The van der Waals surface area contributed by atoms with Gasteiger partial charge in [0.1, 0.15) is 17.3 Å². The average Bonchev–Trinajstić information content (AvgIpc) is 3.28. The maximum Gasteiger partial charge on any atom is 0.323 e. The van der Waals surface area contributed by atoms with Crippen molar-refractivity contribution < 1.29 is 13.9 Å². The van der Waals surface area contributed by atoms with Crippen molar-refractivity contribution in [1.29, 1.82) is 0 Å². The summed E-state index contributed by atoms with van der Waals surface area (Å²) in [6, 6.07) is 9.78. The van der Waals surface area contributed by atoms with E-state index in [0.29, 0.717) is 13.2 Å². The minimum Gasteiger partial charge on any atom is -0.465 e. The van der Waals surface area contributed by atoms with E-state index in [1.54, 1.807) is 0 Å². The van der Waals surface area contributed by atoms with E-state index in [4.69, 9.17) is 9.15 Å². The third kappa shape index (κ3) is 3.24. The number of para-hydroxylation sites is 1. The fourth-order valence-electron chi connectivity index (χ4n) is 3.65. The molecule has 1 N–H and O–H groups in total. The smallest absolute Gasteiger partial charge is 0.323 e. The van der Waals surface area contributed by atoms with E-state index in [1.165, 1.54) is 0 Å². The molecule has 0 unspecified atom stereocenters. The van der Waals surface area contributed by atoms with Crippen LogP contribution in [0.4, 0.5) is 0 Å². The maximum atomic E-state index is 12.3. The molecule has 1 aromatic carbocycles. The van der Waals surface area contributed by atoms with E-state index in [-0.39, 0.29) is 12.0 Å². The second-order valence-electron chi connectivity index (χ2n) is 6.65. The molecule has 136 valence electrons. The zero-order valence-electron chi connectivity index (χ0n) is 14.9. The Bertz CT molecular complexity index is 865. The number of nitrogens with one attached hydrogen (secondary N) is 1. The summed E-state index contributed by atoms with van der Waals surface area (Å²) < 4.78 is 11.2. The Morgan fingerprint density at radius 2 is 2.27 bits per heavy atom. The van der Waals surface area contributed by atoms with Gasteiger partial charge in [-0.15, -0.1) is 0 Å². The first kappa shape index (κ1) is 16.8. The molecule has 0 aliphatic carbocycles. The summed E-state index contributed by atoms with van der Waals surface area (Å²) in [5.41, 5.74) is 2.75. The molecule has 0 saturated carbocycles. The quantitative estimate of drug-likeness (QED) is 0.708. The predicted molar refractivity (Wildman–Crippen MR) is 98.5 cm³/mol. The summed E-state index contributed by atoms with van der Waals surface area (Å²) in [5.74, 6) is 0.643. The van der Waals surface area contributed by atoms with Crippen molar-refractivity contribution in [2.75, 3.05) is 13.2 Å². The Hall–Kier alpha value is -2.60. The Morgan fingerprint density at radius 1 is 1.38 bits per heavy atom. The lowest BCUT2D eigenvalue weighted by molar-refractivity contribution is -0.151. The number of esters is 1. The summed E-state index contributed by atoms with van der Waals surface area (Å²) in [6.07, 6.45) is 4.81. The molecule has 26 heavy (non-hydrogen) atoms. The minimum absolute atomic E-state index is 0.124. The number of furan rings is 1. The molecule has 6 heteroatoms. The number of ether oxygens (including phenoxy) is 1. The van der Waals surface area contributed by atoms with Crippen molar-refractivity contribution in [1.82, 2.24) is 15.1 Å². The van der Waals surface area contributed by atoms with Gasteiger partial charge in [-0.25, -0.2) is 0 Å². The standard InChI is InChI=1S/C20H23N3O3/c1-2-25-20(24)16-8-5-6-10-23(16)13-15-12-21-22-19(15)18-11-14-7-3-4-9-17(14)26-18/h3-4,7,9,11-12,16H,2,5-6,8,10,13H2,1H3,(H,21,22)/t16-/m1/s1. The predicted octanol–water partition coefficient (Wildman–Crippen LogP) is 3.74. The fraction of sp³-hybridized carbons (Fsp3) is 0.400. The van der Waals surface area contributed by atoms with E-state index < -0.39 is 0 Å². The number of piperidine rings is 1. The molecular weight excluding hydrogens is 330 g/mol. The van der Waals surface area contributed by atoms with Crippen LogP contribution >= 0.6 is 0 Å². The molecule has 0 radical (unpaired) electrons. The molecule has 6 nitrogen and oxygen atoms in total. The van der Waals surface area contributed by atoms with Gasteiger partial charge in [0.15, 0.2) is 5.76 Å². The van der Waals surface area contributed by atoms with Gasteiger partial charge in [0.25, 0.3) is 0 Å². The number of H-pyrrole nitrogens is 1. The lowest BCUT2D eigenvalue weighted by Gasteiger charge is -2.33. The number of carbonyl (C=O) groups is 1. The van der Waals surface area contributed by atoms with E-state index in [1.807, 2.05) is 43.5 Å². The maximum absolute atomic E-state index is 12.3. The molecular formula is C20H23N3O3. The average molecular weight is 353 g/mol. The number of rotatable bonds is 5. The van der Waals surface area contributed by atoms with E-state index in [0.717, 1.165) is 53.8 Å². The first-order valence-corrected chi connectivity index (χ1v) is 9.18. The minimum atomic E-state index is -0.179. The van der Waals surface area contributed by atoms with Gasteiger partial charge in [-0.1, -0.05) is 24.6 Å². The fourth-order valence-corrected chi connectivity index (χ4v) is 3.65. The van der Waals surface area contributed by atoms with E-state index in [9.17, 15) is 4.79 Å². The van der Waals surface area contributed by atoms with Gasteiger partial charge in [-0.3, -0.25) is 14.8 Å². The molecule has 1 saturated heterocycles.